The van der Waals surface area contributed by atoms with Gasteiger partial charge in [-0.15, -0.1) is 0 Å². The highest BCUT2D eigenvalue weighted by atomic mass is 19.1. The van der Waals surface area contributed by atoms with Crippen LogP contribution in [0, 0.1) is 5.82 Å². The lowest BCUT2D eigenvalue weighted by Gasteiger charge is -2.26. The predicted octanol–water partition coefficient (Wildman–Crippen LogP) is 3.07. The van der Waals surface area contributed by atoms with Crippen LogP contribution in [0.2, 0.25) is 0 Å². The minimum absolute atomic E-state index is 0.252. The molecule has 0 aromatic heterocycles. The van der Waals surface area contributed by atoms with Gasteiger partial charge in [0, 0.05) is 25.3 Å². The first-order valence-electron chi connectivity index (χ1n) is 7.68. The monoisotopic (exact) mass is 326 g/mol. The van der Waals surface area contributed by atoms with Gasteiger partial charge in [-0.05, 0) is 41.5 Å². The maximum absolute atomic E-state index is 13.1. The van der Waals surface area contributed by atoms with Crippen LogP contribution in [0.1, 0.15) is 5.56 Å². The average Bonchev–Trinajstić information content (AvgIpc) is 2.57. The molecule has 0 spiro atoms. The molecule has 0 radical (unpaired) electrons. The molecule has 24 heavy (non-hydrogen) atoms. The fraction of sp³-hybridized carbons (Fsp3) is 0.158. The van der Waals surface area contributed by atoms with E-state index in [0.717, 1.165) is 16.8 Å². The van der Waals surface area contributed by atoms with Gasteiger partial charge in [0.1, 0.15) is 5.82 Å². The molecular formula is C19H23FN4. The first kappa shape index (κ1) is 17.6. The summed E-state index contributed by atoms with van der Waals surface area (Å²) in [5.74, 6) is -0.252. The summed E-state index contributed by atoms with van der Waals surface area (Å²) in [6, 6.07) is 12.0. The summed E-state index contributed by atoms with van der Waals surface area (Å²) in [5.41, 5.74) is 21.1. The Balaban J connectivity index is 2.25. The van der Waals surface area contributed by atoms with E-state index in [2.05, 4.69) is 11.5 Å². The molecule has 0 aliphatic heterocycles. The molecule has 5 heteroatoms. The van der Waals surface area contributed by atoms with E-state index in [-0.39, 0.29) is 5.82 Å². The largest absolute Gasteiger partial charge is 0.397 e. The molecule has 0 atom stereocenters. The van der Waals surface area contributed by atoms with E-state index in [1.807, 2.05) is 24.3 Å². The van der Waals surface area contributed by atoms with Gasteiger partial charge < -0.3 is 22.1 Å². The van der Waals surface area contributed by atoms with Gasteiger partial charge in [0.05, 0.1) is 11.4 Å². The Bertz CT molecular complexity index is 723. The maximum Gasteiger partial charge on any atom is 0.123 e. The molecule has 4 nitrogen and oxygen atoms in total. The number of hydrogen-bond donors (Lipinski definition) is 3. The number of nitrogen functional groups attached to an aromatic ring is 2. The van der Waals surface area contributed by atoms with Crippen molar-refractivity contribution < 1.29 is 4.39 Å². The van der Waals surface area contributed by atoms with E-state index >= 15 is 0 Å². The summed E-state index contributed by atoms with van der Waals surface area (Å²) in [6.45, 7) is 5.71. The van der Waals surface area contributed by atoms with Crippen molar-refractivity contribution >= 4 is 17.1 Å². The first-order chi connectivity index (χ1) is 11.5. The number of nitrogens with two attached hydrogens (primary N) is 3. The Morgan fingerprint density at radius 1 is 1.08 bits per heavy atom. The molecule has 2 rings (SSSR count). The highest BCUT2D eigenvalue weighted by Crippen LogP contribution is 2.25. The normalized spacial score (nSPS) is 10.9. The smallest absolute Gasteiger partial charge is 0.123 e. The molecule has 0 saturated heterocycles. The summed E-state index contributed by atoms with van der Waals surface area (Å²) in [6.07, 6.45) is 3.76. The molecule has 126 valence electrons. The van der Waals surface area contributed by atoms with E-state index in [9.17, 15) is 4.39 Å². The molecule has 2 aromatic rings. The standard InChI is InChI=1S/C19H23FN4/c1-14(3-2-10-21)12-24(13-15-4-6-16(20)7-5-15)17-8-9-18(22)19(23)11-17/h2-9,11H,1,10,12-13,21-23H2. The highest BCUT2D eigenvalue weighted by Gasteiger charge is 2.10. The topological polar surface area (TPSA) is 81.3 Å². The van der Waals surface area contributed by atoms with Gasteiger partial charge in [0.15, 0.2) is 0 Å². The lowest BCUT2D eigenvalue weighted by Crippen LogP contribution is -2.25. The van der Waals surface area contributed by atoms with Crippen LogP contribution < -0.4 is 22.1 Å². The zero-order valence-electron chi connectivity index (χ0n) is 13.6. The van der Waals surface area contributed by atoms with Crippen molar-refractivity contribution in [2.24, 2.45) is 5.73 Å². The predicted molar refractivity (Wildman–Crippen MR) is 100 cm³/mol. The Labute approximate surface area is 142 Å². The maximum atomic E-state index is 13.1. The number of benzene rings is 2. The van der Waals surface area contributed by atoms with Crippen LogP contribution in [-0.2, 0) is 6.54 Å². The fourth-order valence-corrected chi connectivity index (χ4v) is 2.34. The van der Waals surface area contributed by atoms with Crippen molar-refractivity contribution in [1.29, 1.82) is 0 Å². The van der Waals surface area contributed by atoms with Crippen LogP contribution in [-0.4, -0.2) is 13.1 Å². The third-order valence-electron chi connectivity index (χ3n) is 3.61. The average molecular weight is 326 g/mol. The van der Waals surface area contributed by atoms with Crippen LogP contribution in [0.25, 0.3) is 0 Å². The Kier molecular flexibility index (Phi) is 5.98. The van der Waals surface area contributed by atoms with Crippen molar-refractivity contribution in [2.45, 2.75) is 6.54 Å². The molecule has 0 aliphatic rings. The van der Waals surface area contributed by atoms with Gasteiger partial charge in [0.2, 0.25) is 0 Å². The second-order valence-electron chi connectivity index (χ2n) is 5.59. The fourth-order valence-electron chi connectivity index (χ4n) is 2.34. The Morgan fingerprint density at radius 3 is 2.42 bits per heavy atom. The zero-order chi connectivity index (χ0) is 17.5. The number of anilines is 3. The quantitative estimate of drug-likeness (QED) is 0.539. The third-order valence-corrected chi connectivity index (χ3v) is 3.61. The van der Waals surface area contributed by atoms with Gasteiger partial charge in [-0.2, -0.15) is 0 Å². The van der Waals surface area contributed by atoms with E-state index in [4.69, 9.17) is 17.2 Å². The van der Waals surface area contributed by atoms with E-state index < -0.39 is 0 Å². The van der Waals surface area contributed by atoms with Gasteiger partial charge in [-0.3, -0.25) is 0 Å². The summed E-state index contributed by atoms with van der Waals surface area (Å²) in [5, 5.41) is 0. The number of nitrogens with zero attached hydrogens (tertiary/aromatic N) is 1. The highest BCUT2D eigenvalue weighted by molar-refractivity contribution is 5.70. The minimum atomic E-state index is -0.252. The summed E-state index contributed by atoms with van der Waals surface area (Å²) < 4.78 is 13.1. The lowest BCUT2D eigenvalue weighted by atomic mass is 10.1. The number of halogens is 1. The lowest BCUT2D eigenvalue weighted by molar-refractivity contribution is 0.626. The van der Waals surface area contributed by atoms with Gasteiger partial charge >= 0.3 is 0 Å². The summed E-state index contributed by atoms with van der Waals surface area (Å²) in [7, 11) is 0. The van der Waals surface area contributed by atoms with Crippen LogP contribution in [0.4, 0.5) is 21.5 Å². The molecule has 6 N–H and O–H groups in total. The molecule has 0 amide bonds. The third kappa shape index (κ3) is 4.86. The summed E-state index contributed by atoms with van der Waals surface area (Å²) in [4.78, 5) is 2.10. The minimum Gasteiger partial charge on any atom is -0.397 e. The molecular weight excluding hydrogens is 303 g/mol. The van der Waals surface area contributed by atoms with Crippen LogP contribution in [0.5, 0.6) is 0 Å². The zero-order valence-corrected chi connectivity index (χ0v) is 13.6. The number of hydrogen-bond acceptors (Lipinski definition) is 4. The summed E-state index contributed by atoms with van der Waals surface area (Å²) >= 11 is 0. The second-order valence-corrected chi connectivity index (χ2v) is 5.59. The van der Waals surface area contributed by atoms with Crippen molar-refractivity contribution in [3.8, 4) is 0 Å². The molecule has 0 fully saturated rings. The van der Waals surface area contributed by atoms with E-state index in [0.29, 0.717) is 31.0 Å². The Morgan fingerprint density at radius 2 is 1.79 bits per heavy atom. The SMILES string of the molecule is C=C(C=CCN)CN(Cc1ccc(F)cc1)c1ccc(N)c(N)c1. The van der Waals surface area contributed by atoms with E-state index in [1.54, 1.807) is 18.2 Å². The van der Waals surface area contributed by atoms with E-state index in [1.165, 1.54) is 12.1 Å². The van der Waals surface area contributed by atoms with Crippen LogP contribution in [0.3, 0.4) is 0 Å². The number of rotatable bonds is 7. The van der Waals surface area contributed by atoms with Crippen molar-refractivity contribution in [3.63, 3.8) is 0 Å². The van der Waals surface area contributed by atoms with Gasteiger partial charge in [-0.1, -0.05) is 30.9 Å². The van der Waals surface area contributed by atoms with Crippen molar-refractivity contribution in [2.75, 3.05) is 29.5 Å². The van der Waals surface area contributed by atoms with Crippen molar-refractivity contribution in [1.82, 2.24) is 0 Å². The molecule has 0 aliphatic carbocycles. The molecule has 0 saturated carbocycles. The molecule has 0 heterocycles. The molecule has 2 aromatic carbocycles. The van der Waals surface area contributed by atoms with Crippen molar-refractivity contribution in [3.05, 3.63) is 78.1 Å². The molecule has 0 bridgehead atoms. The first-order valence-corrected chi connectivity index (χ1v) is 7.68. The van der Waals surface area contributed by atoms with Gasteiger partial charge in [-0.25, -0.2) is 4.39 Å². The molecule has 0 unspecified atom stereocenters. The second kappa shape index (κ2) is 8.17. The van der Waals surface area contributed by atoms with Crippen LogP contribution >= 0.6 is 0 Å². The Hall–Kier alpha value is -2.79. The van der Waals surface area contributed by atoms with Gasteiger partial charge in [0.25, 0.3) is 0 Å². The van der Waals surface area contributed by atoms with Crippen LogP contribution in [0.15, 0.2) is 66.8 Å².